The molecular weight excluding hydrogens is 316 g/mol. The lowest BCUT2D eigenvalue weighted by molar-refractivity contribution is 0.808. The Labute approximate surface area is 128 Å². The third-order valence-corrected chi connectivity index (χ3v) is 3.69. The number of nitrogens with zero attached hydrogens (tertiary/aromatic N) is 3. The van der Waals surface area contributed by atoms with E-state index in [1.807, 2.05) is 12.1 Å². The molecule has 0 amide bonds. The molecule has 0 aliphatic rings. The van der Waals surface area contributed by atoms with E-state index in [-0.39, 0.29) is 0 Å². The summed E-state index contributed by atoms with van der Waals surface area (Å²) in [4.78, 5) is 13.3. The highest BCUT2D eigenvalue weighted by Gasteiger charge is 2.15. The maximum Gasteiger partial charge on any atom is 0.161 e. The van der Waals surface area contributed by atoms with Gasteiger partial charge in [-0.2, -0.15) is 0 Å². The van der Waals surface area contributed by atoms with Gasteiger partial charge in [0.25, 0.3) is 0 Å². The van der Waals surface area contributed by atoms with Crippen molar-refractivity contribution in [2.45, 2.75) is 33.1 Å². The van der Waals surface area contributed by atoms with Crippen molar-refractivity contribution in [2.24, 2.45) is 0 Å². The number of nitrogens with one attached hydrogen (secondary N) is 1. The Morgan fingerprint density at radius 3 is 2.50 bits per heavy atom. The van der Waals surface area contributed by atoms with Gasteiger partial charge >= 0.3 is 0 Å². The van der Waals surface area contributed by atoms with E-state index in [1.165, 1.54) is 0 Å². The fraction of sp³-hybridized carbons (Fsp3) is 0.400. The predicted molar refractivity (Wildman–Crippen MR) is 85.8 cm³/mol. The Morgan fingerprint density at radius 2 is 1.90 bits per heavy atom. The van der Waals surface area contributed by atoms with Crippen molar-refractivity contribution >= 4 is 21.7 Å². The van der Waals surface area contributed by atoms with Crippen molar-refractivity contribution in [3.8, 4) is 11.4 Å². The van der Waals surface area contributed by atoms with Gasteiger partial charge in [-0.1, -0.05) is 20.8 Å². The molecule has 2 rings (SSSR count). The molecule has 0 saturated carbocycles. The molecule has 0 saturated heterocycles. The van der Waals surface area contributed by atoms with Gasteiger partial charge < -0.3 is 5.32 Å². The van der Waals surface area contributed by atoms with E-state index in [2.05, 4.69) is 57.0 Å². The Bertz CT molecular complexity index is 570. The first-order valence-electron chi connectivity index (χ1n) is 6.85. The smallest absolute Gasteiger partial charge is 0.161 e. The average Bonchev–Trinajstić information content (AvgIpc) is 2.46. The fourth-order valence-electron chi connectivity index (χ4n) is 1.84. The van der Waals surface area contributed by atoms with Crippen LogP contribution < -0.4 is 5.32 Å². The first-order valence-corrected chi connectivity index (χ1v) is 7.64. The summed E-state index contributed by atoms with van der Waals surface area (Å²) in [7, 11) is 0. The van der Waals surface area contributed by atoms with Crippen LogP contribution in [0.15, 0.2) is 29.0 Å². The molecule has 0 aromatic carbocycles. The number of aromatic nitrogens is 3. The Balaban J connectivity index is 2.50. The second-order valence-corrected chi connectivity index (χ2v) is 5.71. The maximum atomic E-state index is 4.69. The summed E-state index contributed by atoms with van der Waals surface area (Å²) in [5.74, 6) is 1.92. The van der Waals surface area contributed by atoms with Crippen molar-refractivity contribution < 1.29 is 0 Å². The highest BCUT2D eigenvalue weighted by Crippen LogP contribution is 2.31. The Morgan fingerprint density at radius 1 is 1.20 bits per heavy atom. The summed E-state index contributed by atoms with van der Waals surface area (Å²) in [5, 5.41) is 3.35. The summed E-state index contributed by atoms with van der Waals surface area (Å²) >= 11 is 3.62. The maximum absolute atomic E-state index is 4.69. The average molecular weight is 335 g/mol. The molecule has 106 valence electrons. The minimum Gasteiger partial charge on any atom is -0.369 e. The van der Waals surface area contributed by atoms with E-state index in [0.717, 1.165) is 40.3 Å². The first-order chi connectivity index (χ1) is 9.63. The van der Waals surface area contributed by atoms with Crippen molar-refractivity contribution in [3.05, 3.63) is 34.7 Å². The van der Waals surface area contributed by atoms with E-state index in [1.54, 1.807) is 12.4 Å². The summed E-state index contributed by atoms with van der Waals surface area (Å²) in [6.45, 7) is 7.29. The van der Waals surface area contributed by atoms with Gasteiger partial charge in [0, 0.05) is 24.5 Å². The molecule has 0 unspecified atom stereocenters. The van der Waals surface area contributed by atoms with Gasteiger partial charge in [0.1, 0.15) is 5.82 Å². The molecule has 0 fully saturated rings. The first kappa shape index (κ1) is 14.9. The van der Waals surface area contributed by atoms with E-state index >= 15 is 0 Å². The summed E-state index contributed by atoms with van der Waals surface area (Å²) in [6, 6.07) is 3.86. The van der Waals surface area contributed by atoms with Gasteiger partial charge in [-0.3, -0.25) is 4.98 Å². The van der Waals surface area contributed by atoms with Gasteiger partial charge in [0.2, 0.25) is 0 Å². The molecule has 0 aliphatic heterocycles. The molecule has 0 atom stereocenters. The van der Waals surface area contributed by atoms with Gasteiger partial charge in [0.15, 0.2) is 5.82 Å². The third kappa shape index (κ3) is 3.33. The zero-order chi connectivity index (χ0) is 14.5. The molecule has 0 aliphatic carbocycles. The zero-order valence-corrected chi connectivity index (χ0v) is 13.6. The summed E-state index contributed by atoms with van der Waals surface area (Å²) in [6.07, 6.45) is 4.57. The third-order valence-electron chi connectivity index (χ3n) is 2.90. The van der Waals surface area contributed by atoms with Gasteiger partial charge in [-0.25, -0.2) is 9.97 Å². The summed E-state index contributed by atoms with van der Waals surface area (Å²) in [5.41, 5.74) is 2.00. The van der Waals surface area contributed by atoms with Gasteiger partial charge in [-0.05, 0) is 40.4 Å². The van der Waals surface area contributed by atoms with Crippen molar-refractivity contribution in [1.29, 1.82) is 0 Å². The van der Waals surface area contributed by atoms with E-state index in [9.17, 15) is 0 Å². The van der Waals surface area contributed by atoms with Crippen molar-refractivity contribution in [1.82, 2.24) is 15.0 Å². The lowest BCUT2D eigenvalue weighted by Gasteiger charge is -2.14. The standard InChI is InChI=1S/C15H19BrN4/c1-4-7-18-15-12(16)13(10(2)3)19-14(20-15)11-5-8-17-9-6-11/h5-6,8-10H,4,7H2,1-3H3,(H,18,19,20). The van der Waals surface area contributed by atoms with Crippen LogP contribution in [0.4, 0.5) is 5.82 Å². The normalized spacial score (nSPS) is 10.8. The lowest BCUT2D eigenvalue weighted by Crippen LogP contribution is -2.08. The van der Waals surface area contributed by atoms with Crippen LogP contribution >= 0.6 is 15.9 Å². The van der Waals surface area contributed by atoms with E-state index in [0.29, 0.717) is 5.92 Å². The lowest BCUT2D eigenvalue weighted by atomic mass is 10.1. The van der Waals surface area contributed by atoms with Crippen LogP contribution in [0.1, 0.15) is 38.8 Å². The topological polar surface area (TPSA) is 50.7 Å². The van der Waals surface area contributed by atoms with Crippen molar-refractivity contribution in [2.75, 3.05) is 11.9 Å². The zero-order valence-electron chi connectivity index (χ0n) is 12.0. The molecule has 2 heterocycles. The fourth-order valence-corrected chi connectivity index (χ4v) is 2.61. The second-order valence-electron chi connectivity index (χ2n) is 4.91. The van der Waals surface area contributed by atoms with E-state index in [4.69, 9.17) is 0 Å². The number of halogens is 1. The molecule has 1 N–H and O–H groups in total. The number of pyridine rings is 1. The van der Waals surface area contributed by atoms with E-state index < -0.39 is 0 Å². The van der Waals surface area contributed by atoms with Crippen LogP contribution in [0, 0.1) is 0 Å². The minimum absolute atomic E-state index is 0.329. The number of hydrogen-bond donors (Lipinski definition) is 1. The molecule has 20 heavy (non-hydrogen) atoms. The number of hydrogen-bond acceptors (Lipinski definition) is 4. The van der Waals surface area contributed by atoms with Crippen LogP contribution in [0.3, 0.4) is 0 Å². The van der Waals surface area contributed by atoms with Crippen LogP contribution in [-0.2, 0) is 0 Å². The molecular formula is C15H19BrN4. The Kier molecular flexibility index (Phi) is 5.06. The minimum atomic E-state index is 0.329. The largest absolute Gasteiger partial charge is 0.369 e. The molecule has 0 bridgehead atoms. The summed E-state index contributed by atoms with van der Waals surface area (Å²) < 4.78 is 0.957. The molecule has 0 spiro atoms. The van der Waals surface area contributed by atoms with Crippen molar-refractivity contribution in [3.63, 3.8) is 0 Å². The Hall–Kier alpha value is -1.49. The highest BCUT2D eigenvalue weighted by molar-refractivity contribution is 9.10. The van der Waals surface area contributed by atoms with Gasteiger partial charge in [0.05, 0.1) is 10.2 Å². The second kappa shape index (κ2) is 6.79. The monoisotopic (exact) mass is 334 g/mol. The molecule has 2 aromatic rings. The molecule has 2 aromatic heterocycles. The van der Waals surface area contributed by atoms with Crippen LogP contribution in [0.2, 0.25) is 0 Å². The van der Waals surface area contributed by atoms with Crippen LogP contribution in [0.25, 0.3) is 11.4 Å². The van der Waals surface area contributed by atoms with Crippen LogP contribution in [-0.4, -0.2) is 21.5 Å². The molecule has 4 nitrogen and oxygen atoms in total. The predicted octanol–water partition coefficient (Wildman–Crippen LogP) is 4.25. The molecule has 0 radical (unpaired) electrons. The number of rotatable bonds is 5. The highest BCUT2D eigenvalue weighted by atomic mass is 79.9. The van der Waals surface area contributed by atoms with Gasteiger partial charge in [-0.15, -0.1) is 0 Å². The van der Waals surface area contributed by atoms with Crippen LogP contribution in [0.5, 0.6) is 0 Å². The quantitative estimate of drug-likeness (QED) is 0.888. The SMILES string of the molecule is CCCNc1nc(-c2ccncc2)nc(C(C)C)c1Br. The molecule has 5 heteroatoms. The number of anilines is 1.